The molecule has 0 aromatic heterocycles. The average molecular weight is 376 g/mol. The lowest BCUT2D eigenvalue weighted by Gasteiger charge is -2.30. The van der Waals surface area contributed by atoms with E-state index in [0.29, 0.717) is 6.61 Å². The fourth-order valence-electron chi connectivity index (χ4n) is 3.48. The summed E-state index contributed by atoms with van der Waals surface area (Å²) >= 11 is 0. The molecule has 0 aliphatic heterocycles. The van der Waals surface area contributed by atoms with Crippen LogP contribution in [0.25, 0.3) is 0 Å². The van der Waals surface area contributed by atoms with E-state index in [2.05, 4.69) is 18.7 Å². The Labute approximate surface area is 168 Å². The first-order valence-electron chi connectivity index (χ1n) is 9.97. The van der Waals surface area contributed by atoms with Crippen molar-refractivity contribution in [3.63, 3.8) is 0 Å². The highest BCUT2D eigenvalue weighted by Gasteiger charge is 2.33. The molecule has 0 unspecified atom stereocenters. The predicted octanol–water partition coefficient (Wildman–Crippen LogP) is 4.69. The highest BCUT2D eigenvalue weighted by molar-refractivity contribution is 5.47. The first-order valence-corrected chi connectivity index (χ1v) is 9.97. The van der Waals surface area contributed by atoms with E-state index >= 15 is 0 Å². The molecule has 0 radical (unpaired) electrons. The van der Waals surface area contributed by atoms with E-state index in [4.69, 9.17) is 4.74 Å². The standard InChI is InChI=1S/C25H29NO2/c1-3-26(4-2)19-20-28-24-17-15-23(16-18-24)25(27,21-11-7-5-8-12-21)22-13-9-6-10-14-22/h5-18,27H,3-4,19-20H2,1-2H3. The van der Waals surface area contributed by atoms with Crippen molar-refractivity contribution >= 4 is 0 Å². The molecule has 0 bridgehead atoms. The Morgan fingerprint density at radius 3 is 1.64 bits per heavy atom. The van der Waals surface area contributed by atoms with E-state index in [9.17, 15) is 5.11 Å². The maximum absolute atomic E-state index is 11.8. The minimum absolute atomic E-state index is 0.655. The Balaban J connectivity index is 1.84. The minimum Gasteiger partial charge on any atom is -0.492 e. The van der Waals surface area contributed by atoms with Gasteiger partial charge in [-0.2, -0.15) is 0 Å². The van der Waals surface area contributed by atoms with Crippen LogP contribution in [-0.4, -0.2) is 36.2 Å². The van der Waals surface area contributed by atoms with Gasteiger partial charge in [0.05, 0.1) is 0 Å². The van der Waals surface area contributed by atoms with Gasteiger partial charge in [0.25, 0.3) is 0 Å². The summed E-state index contributed by atoms with van der Waals surface area (Å²) in [6, 6.07) is 27.3. The number of hydrogen-bond donors (Lipinski definition) is 1. The molecule has 0 fully saturated rings. The molecule has 0 amide bonds. The molecule has 0 aliphatic rings. The van der Waals surface area contributed by atoms with Gasteiger partial charge in [0, 0.05) is 6.54 Å². The second-order valence-corrected chi connectivity index (χ2v) is 6.84. The minimum atomic E-state index is -1.21. The van der Waals surface area contributed by atoms with Gasteiger partial charge < -0.3 is 14.7 Å². The number of likely N-dealkylation sites (N-methyl/N-ethyl adjacent to an activating group) is 1. The first kappa shape index (κ1) is 20.1. The smallest absolute Gasteiger partial charge is 0.140 e. The van der Waals surface area contributed by atoms with E-state index in [1.807, 2.05) is 84.9 Å². The molecule has 0 saturated heterocycles. The fourth-order valence-corrected chi connectivity index (χ4v) is 3.48. The summed E-state index contributed by atoms with van der Waals surface area (Å²) in [7, 11) is 0. The number of hydrogen-bond acceptors (Lipinski definition) is 3. The van der Waals surface area contributed by atoms with Crippen LogP contribution in [0.3, 0.4) is 0 Å². The largest absolute Gasteiger partial charge is 0.492 e. The van der Waals surface area contributed by atoms with E-state index in [0.717, 1.165) is 42.1 Å². The van der Waals surface area contributed by atoms with Crippen LogP contribution in [0, 0.1) is 0 Å². The quantitative estimate of drug-likeness (QED) is 0.551. The molecular formula is C25H29NO2. The zero-order chi connectivity index (χ0) is 19.8. The van der Waals surface area contributed by atoms with Gasteiger partial charge in [-0.25, -0.2) is 0 Å². The maximum atomic E-state index is 11.8. The monoisotopic (exact) mass is 375 g/mol. The Hall–Kier alpha value is -2.62. The zero-order valence-corrected chi connectivity index (χ0v) is 16.7. The Bertz CT molecular complexity index is 788. The summed E-state index contributed by atoms with van der Waals surface area (Å²) in [5.41, 5.74) is 1.30. The molecule has 3 nitrogen and oxygen atoms in total. The normalized spacial score (nSPS) is 11.6. The second-order valence-electron chi connectivity index (χ2n) is 6.84. The lowest BCUT2D eigenvalue weighted by molar-refractivity contribution is 0.125. The van der Waals surface area contributed by atoms with Crippen molar-refractivity contribution in [1.29, 1.82) is 0 Å². The van der Waals surface area contributed by atoms with Crippen LogP contribution in [0.15, 0.2) is 84.9 Å². The maximum Gasteiger partial charge on any atom is 0.140 e. The van der Waals surface area contributed by atoms with Crippen molar-refractivity contribution in [2.75, 3.05) is 26.2 Å². The SMILES string of the molecule is CCN(CC)CCOc1ccc(C(O)(c2ccccc2)c2ccccc2)cc1. The highest BCUT2D eigenvalue weighted by Crippen LogP contribution is 2.37. The molecule has 0 saturated carbocycles. The molecule has 0 spiro atoms. The molecule has 0 heterocycles. The van der Waals surface area contributed by atoms with Crippen LogP contribution >= 0.6 is 0 Å². The van der Waals surface area contributed by atoms with Gasteiger partial charge in [0.1, 0.15) is 18.0 Å². The van der Waals surface area contributed by atoms with Gasteiger partial charge >= 0.3 is 0 Å². The van der Waals surface area contributed by atoms with Crippen molar-refractivity contribution in [1.82, 2.24) is 4.90 Å². The molecule has 3 rings (SSSR count). The van der Waals surface area contributed by atoms with Gasteiger partial charge in [-0.1, -0.05) is 86.6 Å². The molecule has 28 heavy (non-hydrogen) atoms. The Morgan fingerprint density at radius 2 is 1.18 bits per heavy atom. The number of rotatable bonds is 9. The third-order valence-corrected chi connectivity index (χ3v) is 5.23. The van der Waals surface area contributed by atoms with Crippen LogP contribution in [-0.2, 0) is 5.60 Å². The fraction of sp³-hybridized carbons (Fsp3) is 0.280. The van der Waals surface area contributed by atoms with Crippen molar-refractivity contribution < 1.29 is 9.84 Å². The summed E-state index contributed by atoms with van der Waals surface area (Å²) in [6.07, 6.45) is 0. The summed E-state index contributed by atoms with van der Waals surface area (Å²) in [5, 5.41) is 11.8. The van der Waals surface area contributed by atoms with Gasteiger partial charge in [0.2, 0.25) is 0 Å². The summed E-state index contributed by atoms with van der Waals surface area (Å²) < 4.78 is 5.90. The molecule has 3 aromatic carbocycles. The van der Waals surface area contributed by atoms with Crippen LogP contribution < -0.4 is 4.74 Å². The van der Waals surface area contributed by atoms with Crippen LogP contribution in [0.4, 0.5) is 0 Å². The van der Waals surface area contributed by atoms with Crippen LogP contribution in [0.2, 0.25) is 0 Å². The molecule has 1 N–H and O–H groups in total. The summed E-state index contributed by atoms with van der Waals surface area (Å²) in [5.74, 6) is 0.819. The Kier molecular flexibility index (Phi) is 6.85. The second kappa shape index (κ2) is 9.54. The molecular weight excluding hydrogens is 346 g/mol. The molecule has 3 aromatic rings. The zero-order valence-electron chi connectivity index (χ0n) is 16.7. The number of ether oxygens (including phenoxy) is 1. The van der Waals surface area contributed by atoms with Crippen molar-refractivity contribution in [2.45, 2.75) is 19.4 Å². The third-order valence-electron chi connectivity index (χ3n) is 5.23. The van der Waals surface area contributed by atoms with Crippen molar-refractivity contribution in [3.05, 3.63) is 102 Å². The van der Waals surface area contributed by atoms with Crippen LogP contribution in [0.5, 0.6) is 5.75 Å². The Morgan fingerprint density at radius 1 is 0.714 bits per heavy atom. The topological polar surface area (TPSA) is 32.7 Å². The molecule has 0 aliphatic carbocycles. The summed E-state index contributed by atoms with van der Waals surface area (Å²) in [6.45, 7) is 7.94. The lowest BCUT2D eigenvalue weighted by Crippen LogP contribution is -2.29. The molecule has 0 atom stereocenters. The van der Waals surface area contributed by atoms with E-state index in [1.54, 1.807) is 0 Å². The molecule has 3 heteroatoms. The first-order chi connectivity index (χ1) is 13.7. The van der Waals surface area contributed by atoms with E-state index < -0.39 is 5.60 Å². The van der Waals surface area contributed by atoms with Gasteiger partial charge in [-0.3, -0.25) is 0 Å². The number of benzene rings is 3. The van der Waals surface area contributed by atoms with E-state index in [1.165, 1.54) is 0 Å². The van der Waals surface area contributed by atoms with Gasteiger partial charge in [0.15, 0.2) is 0 Å². The van der Waals surface area contributed by atoms with Crippen molar-refractivity contribution in [2.24, 2.45) is 0 Å². The van der Waals surface area contributed by atoms with Gasteiger partial charge in [-0.05, 0) is 41.9 Å². The van der Waals surface area contributed by atoms with Gasteiger partial charge in [-0.15, -0.1) is 0 Å². The average Bonchev–Trinajstić information content (AvgIpc) is 2.78. The van der Waals surface area contributed by atoms with Crippen LogP contribution in [0.1, 0.15) is 30.5 Å². The predicted molar refractivity (Wildman–Crippen MR) is 115 cm³/mol. The van der Waals surface area contributed by atoms with E-state index in [-0.39, 0.29) is 0 Å². The summed E-state index contributed by atoms with van der Waals surface area (Å²) in [4.78, 5) is 2.33. The highest BCUT2D eigenvalue weighted by atomic mass is 16.5. The lowest BCUT2D eigenvalue weighted by atomic mass is 9.80. The van der Waals surface area contributed by atoms with Crippen molar-refractivity contribution in [3.8, 4) is 5.75 Å². The number of aliphatic hydroxyl groups is 1. The third kappa shape index (κ3) is 4.44. The number of nitrogens with zero attached hydrogens (tertiary/aromatic N) is 1. The molecule has 146 valence electrons.